The maximum atomic E-state index is 12.1. The normalized spacial score (nSPS) is 16.1. The van der Waals surface area contributed by atoms with Crippen LogP contribution in [0.2, 0.25) is 0 Å². The molecule has 0 aliphatic carbocycles. The zero-order valence-corrected chi connectivity index (χ0v) is 14.8. The highest BCUT2D eigenvalue weighted by molar-refractivity contribution is 5.78. The monoisotopic (exact) mass is 331 g/mol. The van der Waals surface area contributed by atoms with E-state index in [1.165, 1.54) is 5.56 Å². The number of hydrogen-bond acceptors (Lipinski definition) is 3. The van der Waals surface area contributed by atoms with Crippen molar-refractivity contribution in [2.75, 3.05) is 19.6 Å². The standard InChI is InChI=1S/C19H29N3O2/c1-15(2)20-19(24)14-22-12-10-17(11-13-22)21-18(23)9-8-16-6-4-3-5-7-16/h3-7,15,17H,8-14H2,1-2H3,(H,20,24)(H,21,23). The summed E-state index contributed by atoms with van der Waals surface area (Å²) < 4.78 is 0. The van der Waals surface area contributed by atoms with Gasteiger partial charge in [0.15, 0.2) is 0 Å². The minimum absolute atomic E-state index is 0.0790. The first-order chi connectivity index (χ1) is 11.5. The minimum atomic E-state index is 0.0790. The number of aryl methyl sites for hydroxylation is 1. The number of carbonyl (C=O) groups is 2. The van der Waals surface area contributed by atoms with E-state index in [0.29, 0.717) is 13.0 Å². The van der Waals surface area contributed by atoms with E-state index in [2.05, 4.69) is 15.5 Å². The molecule has 1 aliphatic heterocycles. The van der Waals surface area contributed by atoms with E-state index in [1.807, 2.05) is 44.2 Å². The molecule has 0 radical (unpaired) electrons. The summed E-state index contributed by atoms with van der Waals surface area (Å²) in [5, 5.41) is 6.04. The molecule has 1 aromatic carbocycles. The molecular formula is C19H29N3O2. The van der Waals surface area contributed by atoms with Gasteiger partial charge in [-0.15, -0.1) is 0 Å². The Morgan fingerprint density at radius 3 is 2.42 bits per heavy atom. The number of hydrogen-bond donors (Lipinski definition) is 2. The lowest BCUT2D eigenvalue weighted by atomic mass is 10.0. The molecule has 0 saturated carbocycles. The lowest BCUT2D eigenvalue weighted by Crippen LogP contribution is -2.48. The van der Waals surface area contributed by atoms with Gasteiger partial charge in [0.25, 0.3) is 0 Å². The molecule has 5 heteroatoms. The summed E-state index contributed by atoms with van der Waals surface area (Å²) in [6.07, 6.45) is 3.12. The highest BCUT2D eigenvalue weighted by Gasteiger charge is 2.22. The zero-order valence-electron chi connectivity index (χ0n) is 14.8. The van der Waals surface area contributed by atoms with E-state index in [4.69, 9.17) is 0 Å². The molecule has 1 aromatic rings. The average Bonchev–Trinajstić information content (AvgIpc) is 2.55. The number of rotatable bonds is 7. The fraction of sp³-hybridized carbons (Fsp3) is 0.579. The number of piperidine rings is 1. The molecule has 24 heavy (non-hydrogen) atoms. The summed E-state index contributed by atoms with van der Waals surface area (Å²) in [5.41, 5.74) is 1.19. The summed E-state index contributed by atoms with van der Waals surface area (Å²) in [4.78, 5) is 26.0. The molecule has 0 spiro atoms. The van der Waals surface area contributed by atoms with Crippen LogP contribution in [0.25, 0.3) is 0 Å². The Balaban J connectivity index is 1.63. The van der Waals surface area contributed by atoms with Crippen LogP contribution in [0.5, 0.6) is 0 Å². The maximum absolute atomic E-state index is 12.1. The number of nitrogens with zero attached hydrogens (tertiary/aromatic N) is 1. The summed E-state index contributed by atoms with van der Waals surface area (Å²) in [6.45, 7) is 6.10. The van der Waals surface area contributed by atoms with Crippen molar-refractivity contribution in [3.8, 4) is 0 Å². The minimum Gasteiger partial charge on any atom is -0.353 e. The SMILES string of the molecule is CC(C)NC(=O)CN1CCC(NC(=O)CCc2ccccc2)CC1. The van der Waals surface area contributed by atoms with Crippen molar-refractivity contribution in [3.63, 3.8) is 0 Å². The molecule has 5 nitrogen and oxygen atoms in total. The largest absolute Gasteiger partial charge is 0.353 e. The predicted molar refractivity (Wildman–Crippen MR) is 95.6 cm³/mol. The number of amides is 2. The van der Waals surface area contributed by atoms with Gasteiger partial charge in [0.2, 0.25) is 11.8 Å². The Kier molecular flexibility index (Phi) is 7.25. The van der Waals surface area contributed by atoms with E-state index < -0.39 is 0 Å². The van der Waals surface area contributed by atoms with Crippen LogP contribution in [-0.4, -0.2) is 48.4 Å². The Morgan fingerprint density at radius 1 is 1.12 bits per heavy atom. The molecule has 0 unspecified atom stereocenters. The van der Waals surface area contributed by atoms with Crippen LogP contribution in [0, 0.1) is 0 Å². The second-order valence-corrected chi connectivity index (χ2v) is 6.83. The van der Waals surface area contributed by atoms with Crippen LogP contribution in [0.15, 0.2) is 30.3 Å². The lowest BCUT2D eigenvalue weighted by Gasteiger charge is -2.32. The Morgan fingerprint density at radius 2 is 1.79 bits per heavy atom. The summed E-state index contributed by atoms with van der Waals surface area (Å²) in [7, 11) is 0. The Labute approximate surface area is 144 Å². The van der Waals surface area contributed by atoms with Gasteiger partial charge in [-0.05, 0) is 38.7 Å². The number of nitrogens with one attached hydrogen (secondary N) is 2. The molecule has 1 saturated heterocycles. The molecule has 0 aromatic heterocycles. The highest BCUT2D eigenvalue weighted by Crippen LogP contribution is 2.11. The molecule has 0 bridgehead atoms. The van der Waals surface area contributed by atoms with E-state index >= 15 is 0 Å². The molecule has 2 N–H and O–H groups in total. The van der Waals surface area contributed by atoms with Gasteiger partial charge in [0, 0.05) is 31.6 Å². The lowest BCUT2D eigenvalue weighted by molar-refractivity contribution is -0.124. The van der Waals surface area contributed by atoms with Gasteiger partial charge in [0.1, 0.15) is 0 Å². The number of carbonyl (C=O) groups excluding carboxylic acids is 2. The van der Waals surface area contributed by atoms with Crippen LogP contribution in [0.1, 0.15) is 38.7 Å². The van der Waals surface area contributed by atoms with Gasteiger partial charge in [-0.3, -0.25) is 14.5 Å². The Bertz CT molecular complexity index is 523. The third-order valence-corrected chi connectivity index (χ3v) is 4.25. The van der Waals surface area contributed by atoms with Crippen LogP contribution >= 0.6 is 0 Å². The van der Waals surface area contributed by atoms with Crippen molar-refractivity contribution >= 4 is 11.8 Å². The second-order valence-electron chi connectivity index (χ2n) is 6.83. The van der Waals surface area contributed by atoms with Crippen molar-refractivity contribution in [3.05, 3.63) is 35.9 Å². The summed E-state index contributed by atoms with van der Waals surface area (Å²) in [6, 6.07) is 10.5. The molecule has 1 aliphatic rings. The molecule has 2 rings (SSSR count). The predicted octanol–water partition coefficient (Wildman–Crippen LogP) is 1.72. The molecular weight excluding hydrogens is 302 g/mol. The van der Waals surface area contributed by atoms with E-state index in [9.17, 15) is 9.59 Å². The third kappa shape index (κ3) is 6.71. The van der Waals surface area contributed by atoms with E-state index in [0.717, 1.165) is 32.4 Å². The number of benzene rings is 1. The topological polar surface area (TPSA) is 61.4 Å². The van der Waals surface area contributed by atoms with Crippen molar-refractivity contribution in [2.24, 2.45) is 0 Å². The average molecular weight is 331 g/mol. The van der Waals surface area contributed by atoms with E-state index in [1.54, 1.807) is 0 Å². The van der Waals surface area contributed by atoms with Crippen molar-refractivity contribution in [2.45, 2.75) is 51.6 Å². The fourth-order valence-electron chi connectivity index (χ4n) is 3.01. The maximum Gasteiger partial charge on any atom is 0.234 e. The zero-order chi connectivity index (χ0) is 17.4. The molecule has 132 valence electrons. The first-order valence-corrected chi connectivity index (χ1v) is 8.88. The summed E-state index contributed by atoms with van der Waals surface area (Å²) >= 11 is 0. The molecule has 2 amide bonds. The van der Waals surface area contributed by atoms with Gasteiger partial charge in [-0.2, -0.15) is 0 Å². The van der Waals surface area contributed by atoms with Crippen molar-refractivity contribution in [1.82, 2.24) is 15.5 Å². The third-order valence-electron chi connectivity index (χ3n) is 4.25. The van der Waals surface area contributed by atoms with Crippen LogP contribution in [0.3, 0.4) is 0 Å². The van der Waals surface area contributed by atoms with Crippen LogP contribution in [-0.2, 0) is 16.0 Å². The second kappa shape index (κ2) is 9.42. The van der Waals surface area contributed by atoms with Crippen molar-refractivity contribution < 1.29 is 9.59 Å². The van der Waals surface area contributed by atoms with Gasteiger partial charge < -0.3 is 10.6 Å². The molecule has 1 heterocycles. The van der Waals surface area contributed by atoms with Crippen LogP contribution in [0.4, 0.5) is 0 Å². The van der Waals surface area contributed by atoms with Crippen LogP contribution < -0.4 is 10.6 Å². The smallest absolute Gasteiger partial charge is 0.234 e. The van der Waals surface area contributed by atoms with E-state index in [-0.39, 0.29) is 23.9 Å². The van der Waals surface area contributed by atoms with Gasteiger partial charge in [-0.25, -0.2) is 0 Å². The van der Waals surface area contributed by atoms with Gasteiger partial charge >= 0.3 is 0 Å². The molecule has 0 atom stereocenters. The first-order valence-electron chi connectivity index (χ1n) is 8.88. The quantitative estimate of drug-likeness (QED) is 0.800. The van der Waals surface area contributed by atoms with Crippen molar-refractivity contribution in [1.29, 1.82) is 0 Å². The Hall–Kier alpha value is -1.88. The number of likely N-dealkylation sites (tertiary alicyclic amines) is 1. The highest BCUT2D eigenvalue weighted by atomic mass is 16.2. The molecule has 1 fully saturated rings. The van der Waals surface area contributed by atoms with Gasteiger partial charge in [0.05, 0.1) is 6.54 Å². The summed E-state index contributed by atoms with van der Waals surface area (Å²) in [5.74, 6) is 0.199. The fourth-order valence-corrected chi connectivity index (χ4v) is 3.01. The van der Waals surface area contributed by atoms with Gasteiger partial charge in [-0.1, -0.05) is 30.3 Å². The first kappa shape index (κ1) is 18.5.